The van der Waals surface area contributed by atoms with Gasteiger partial charge in [-0.05, 0) is 65.7 Å². The number of carbonyl (C=O) groups excluding carboxylic acids is 4. The normalized spacial score (nSPS) is 10.3. The smallest absolute Gasteiger partial charge is 0.343 e. The molecule has 0 unspecified atom stereocenters. The van der Waals surface area contributed by atoms with Crippen molar-refractivity contribution in [2.45, 2.75) is 13.8 Å². The van der Waals surface area contributed by atoms with Gasteiger partial charge in [0.05, 0.1) is 5.56 Å². The molecule has 0 aliphatic carbocycles. The molecule has 0 aliphatic rings. The Kier molecular flexibility index (Phi) is 7.93. The Labute approximate surface area is 218 Å². The van der Waals surface area contributed by atoms with Crippen molar-refractivity contribution in [3.63, 3.8) is 0 Å². The van der Waals surface area contributed by atoms with Crippen LogP contribution in [-0.4, -0.2) is 23.8 Å². The molecule has 1 amide bonds. The maximum atomic E-state index is 12.7. The van der Waals surface area contributed by atoms with E-state index >= 15 is 0 Å². The first kappa shape index (κ1) is 25.8. The van der Waals surface area contributed by atoms with Crippen LogP contribution in [0.4, 0.5) is 5.69 Å². The minimum absolute atomic E-state index is 0.205. The molecule has 38 heavy (non-hydrogen) atoms. The predicted octanol–water partition coefficient (Wildman–Crippen LogP) is 5.68. The second-order valence-electron chi connectivity index (χ2n) is 8.19. The Balaban J connectivity index is 1.40. The van der Waals surface area contributed by atoms with Crippen molar-refractivity contribution in [1.82, 2.24) is 0 Å². The molecule has 0 radical (unpaired) electrons. The number of anilines is 1. The van der Waals surface area contributed by atoms with Crippen LogP contribution in [-0.2, 0) is 9.59 Å². The molecule has 0 aliphatic heterocycles. The Morgan fingerprint density at radius 3 is 1.68 bits per heavy atom. The topological polar surface area (TPSA) is 108 Å². The molecular formula is C30H23NO7. The average molecular weight is 510 g/mol. The quantitative estimate of drug-likeness (QED) is 0.252. The van der Waals surface area contributed by atoms with Gasteiger partial charge in [-0.15, -0.1) is 0 Å². The van der Waals surface area contributed by atoms with Crippen molar-refractivity contribution < 1.29 is 33.4 Å². The van der Waals surface area contributed by atoms with Gasteiger partial charge in [0.15, 0.2) is 0 Å². The molecule has 0 saturated carbocycles. The van der Waals surface area contributed by atoms with Crippen molar-refractivity contribution in [2.75, 3.05) is 5.32 Å². The summed E-state index contributed by atoms with van der Waals surface area (Å²) in [5.41, 5.74) is 2.68. The van der Waals surface area contributed by atoms with Crippen LogP contribution in [0.3, 0.4) is 0 Å². The van der Waals surface area contributed by atoms with Crippen molar-refractivity contribution in [1.29, 1.82) is 0 Å². The second kappa shape index (κ2) is 11.7. The fourth-order valence-corrected chi connectivity index (χ4v) is 3.56. The van der Waals surface area contributed by atoms with E-state index in [1.807, 2.05) is 12.1 Å². The van der Waals surface area contributed by atoms with E-state index in [1.165, 1.54) is 26.0 Å². The Hall–Kier alpha value is -5.24. The second-order valence-corrected chi connectivity index (χ2v) is 8.19. The molecule has 4 rings (SSSR count). The molecule has 0 bridgehead atoms. The zero-order valence-corrected chi connectivity index (χ0v) is 20.6. The van der Waals surface area contributed by atoms with Crippen LogP contribution < -0.4 is 19.5 Å². The van der Waals surface area contributed by atoms with Gasteiger partial charge in [0.2, 0.25) is 0 Å². The lowest BCUT2D eigenvalue weighted by Gasteiger charge is -2.09. The van der Waals surface area contributed by atoms with E-state index in [9.17, 15) is 19.2 Å². The highest BCUT2D eigenvalue weighted by Gasteiger charge is 2.14. The molecule has 0 heterocycles. The predicted molar refractivity (Wildman–Crippen MR) is 140 cm³/mol. The lowest BCUT2D eigenvalue weighted by Crippen LogP contribution is -2.14. The van der Waals surface area contributed by atoms with Gasteiger partial charge in [0.1, 0.15) is 17.2 Å². The number of hydrogen-bond acceptors (Lipinski definition) is 7. The first-order chi connectivity index (χ1) is 18.3. The highest BCUT2D eigenvalue weighted by Crippen LogP contribution is 2.25. The van der Waals surface area contributed by atoms with Crippen molar-refractivity contribution in [3.8, 4) is 28.4 Å². The minimum Gasteiger partial charge on any atom is -0.427 e. The summed E-state index contributed by atoms with van der Waals surface area (Å²) in [5, 5.41) is 2.72. The van der Waals surface area contributed by atoms with Gasteiger partial charge in [-0.25, -0.2) is 4.79 Å². The van der Waals surface area contributed by atoms with Crippen LogP contribution in [0.5, 0.6) is 17.2 Å². The molecule has 8 heteroatoms. The lowest BCUT2D eigenvalue weighted by molar-refractivity contribution is -0.132. The summed E-state index contributed by atoms with van der Waals surface area (Å²) >= 11 is 0. The average Bonchev–Trinajstić information content (AvgIpc) is 2.89. The van der Waals surface area contributed by atoms with E-state index in [1.54, 1.807) is 72.8 Å². The van der Waals surface area contributed by atoms with Gasteiger partial charge >= 0.3 is 17.9 Å². The number of benzene rings is 4. The van der Waals surface area contributed by atoms with Gasteiger partial charge in [-0.3, -0.25) is 14.4 Å². The molecular weight excluding hydrogens is 486 g/mol. The highest BCUT2D eigenvalue weighted by molar-refractivity contribution is 6.06. The summed E-state index contributed by atoms with van der Waals surface area (Å²) in [4.78, 5) is 47.7. The Bertz CT molecular complexity index is 1490. The zero-order chi connectivity index (χ0) is 27.1. The van der Waals surface area contributed by atoms with Gasteiger partial charge in [0, 0.05) is 31.2 Å². The van der Waals surface area contributed by atoms with E-state index in [-0.39, 0.29) is 17.1 Å². The number of ether oxygens (including phenoxy) is 3. The molecule has 190 valence electrons. The van der Waals surface area contributed by atoms with Crippen molar-refractivity contribution in [3.05, 3.63) is 108 Å². The lowest BCUT2D eigenvalue weighted by atomic mass is 10.1. The van der Waals surface area contributed by atoms with Gasteiger partial charge < -0.3 is 19.5 Å². The van der Waals surface area contributed by atoms with E-state index in [0.29, 0.717) is 22.9 Å². The molecule has 0 atom stereocenters. The third kappa shape index (κ3) is 6.92. The fraction of sp³-hybridized carbons (Fsp3) is 0.0667. The SMILES string of the molecule is CC(=O)Oc1ccc(-c2ccc(OC(=O)c3cccc(C(=O)Nc4cccc(OC(C)=O)c4)c3)cc2)cc1. The molecule has 0 fully saturated rings. The number of esters is 3. The monoisotopic (exact) mass is 509 g/mol. The number of amides is 1. The summed E-state index contributed by atoms with van der Waals surface area (Å²) in [6.07, 6.45) is 0. The highest BCUT2D eigenvalue weighted by atomic mass is 16.5. The molecule has 4 aromatic rings. The molecule has 8 nitrogen and oxygen atoms in total. The van der Waals surface area contributed by atoms with E-state index in [0.717, 1.165) is 11.1 Å². The van der Waals surface area contributed by atoms with Gasteiger partial charge in [-0.2, -0.15) is 0 Å². The van der Waals surface area contributed by atoms with E-state index in [2.05, 4.69) is 5.32 Å². The number of nitrogens with one attached hydrogen (secondary N) is 1. The molecule has 0 saturated heterocycles. The largest absolute Gasteiger partial charge is 0.427 e. The number of rotatable bonds is 7. The van der Waals surface area contributed by atoms with E-state index in [4.69, 9.17) is 14.2 Å². The van der Waals surface area contributed by atoms with Crippen molar-refractivity contribution >= 4 is 29.5 Å². The first-order valence-electron chi connectivity index (χ1n) is 11.6. The maximum absolute atomic E-state index is 12.7. The van der Waals surface area contributed by atoms with Gasteiger partial charge in [0.25, 0.3) is 5.91 Å². The molecule has 4 aromatic carbocycles. The third-order valence-corrected chi connectivity index (χ3v) is 5.23. The molecule has 0 aromatic heterocycles. The third-order valence-electron chi connectivity index (χ3n) is 5.23. The standard InChI is InChI=1S/C30H23NO7/c1-19(32)36-26-13-9-21(10-14-26)22-11-15-27(16-12-22)38-30(35)24-6-3-5-23(17-24)29(34)31-25-7-4-8-28(18-25)37-20(2)33/h3-18H,1-2H3,(H,31,34). The van der Waals surface area contributed by atoms with Crippen LogP contribution in [0, 0.1) is 0 Å². The summed E-state index contributed by atoms with van der Waals surface area (Å²) in [5.74, 6) is -0.813. The van der Waals surface area contributed by atoms with Crippen LogP contribution in [0.2, 0.25) is 0 Å². The zero-order valence-electron chi connectivity index (χ0n) is 20.6. The van der Waals surface area contributed by atoms with Crippen LogP contribution in [0.1, 0.15) is 34.6 Å². The van der Waals surface area contributed by atoms with Crippen molar-refractivity contribution in [2.24, 2.45) is 0 Å². The van der Waals surface area contributed by atoms with Crippen LogP contribution >= 0.6 is 0 Å². The first-order valence-corrected chi connectivity index (χ1v) is 11.6. The fourth-order valence-electron chi connectivity index (χ4n) is 3.56. The molecule has 0 spiro atoms. The van der Waals surface area contributed by atoms with Crippen LogP contribution in [0.15, 0.2) is 97.1 Å². The summed E-state index contributed by atoms with van der Waals surface area (Å²) in [6, 6.07) is 26.6. The van der Waals surface area contributed by atoms with Crippen LogP contribution in [0.25, 0.3) is 11.1 Å². The maximum Gasteiger partial charge on any atom is 0.343 e. The summed E-state index contributed by atoms with van der Waals surface area (Å²) in [7, 11) is 0. The molecule has 1 N–H and O–H groups in total. The summed E-state index contributed by atoms with van der Waals surface area (Å²) in [6.45, 7) is 2.63. The minimum atomic E-state index is -0.616. The Morgan fingerprint density at radius 1 is 0.553 bits per heavy atom. The van der Waals surface area contributed by atoms with Gasteiger partial charge in [-0.1, -0.05) is 36.4 Å². The van der Waals surface area contributed by atoms with E-state index < -0.39 is 17.8 Å². The number of carbonyl (C=O) groups is 4. The number of hydrogen-bond donors (Lipinski definition) is 1. The Morgan fingerprint density at radius 2 is 1.08 bits per heavy atom. The summed E-state index contributed by atoms with van der Waals surface area (Å²) < 4.78 is 15.6.